The van der Waals surface area contributed by atoms with Gasteiger partial charge in [0.05, 0.1) is 15.9 Å². The lowest BCUT2D eigenvalue weighted by molar-refractivity contribution is 0.265. The van der Waals surface area contributed by atoms with E-state index < -0.39 is 0 Å². The highest BCUT2D eigenvalue weighted by atomic mass is 79.9. The molecule has 5 heteroatoms. The molecule has 0 amide bonds. The van der Waals surface area contributed by atoms with Crippen molar-refractivity contribution in [3.63, 3.8) is 0 Å². The summed E-state index contributed by atoms with van der Waals surface area (Å²) in [6, 6.07) is 0.221. The van der Waals surface area contributed by atoms with E-state index in [1.165, 1.54) is 5.69 Å². The van der Waals surface area contributed by atoms with Gasteiger partial charge in [0.15, 0.2) is 0 Å². The Balaban J connectivity index is 2.95. The van der Waals surface area contributed by atoms with E-state index in [9.17, 15) is 0 Å². The highest BCUT2D eigenvalue weighted by Gasteiger charge is 2.26. The number of nitrogens with two attached hydrogens (primary N) is 1. The molecular weight excluding hydrogens is 268 g/mol. The molecule has 16 heavy (non-hydrogen) atoms. The summed E-state index contributed by atoms with van der Waals surface area (Å²) in [5, 5.41) is 4.38. The summed E-state index contributed by atoms with van der Waals surface area (Å²) < 4.78 is 3.00. The molecule has 0 spiro atoms. The van der Waals surface area contributed by atoms with Crippen LogP contribution in [0, 0.1) is 12.3 Å². The first kappa shape index (κ1) is 13.7. The summed E-state index contributed by atoms with van der Waals surface area (Å²) in [5.41, 5.74) is 5.20. The smallest absolute Gasteiger partial charge is 0.0738 e. The van der Waals surface area contributed by atoms with Crippen molar-refractivity contribution in [2.24, 2.45) is 18.3 Å². The molecule has 0 aliphatic carbocycles. The summed E-state index contributed by atoms with van der Waals surface area (Å²) in [4.78, 5) is 0. The van der Waals surface area contributed by atoms with Crippen LogP contribution in [0.3, 0.4) is 0 Å². The fourth-order valence-corrected chi connectivity index (χ4v) is 2.21. The lowest BCUT2D eigenvalue weighted by atomic mass is 9.84. The standard InChI is InChI=1S/C11H21BrN4/c1-7-10(12)8(16(5)15-7)6-9(14-13)11(2,3)4/h9,14H,6,13H2,1-5H3. The first-order valence-electron chi connectivity index (χ1n) is 5.41. The van der Waals surface area contributed by atoms with Crippen molar-refractivity contribution in [2.45, 2.75) is 40.2 Å². The summed E-state index contributed by atoms with van der Waals surface area (Å²) in [7, 11) is 1.96. The summed E-state index contributed by atoms with van der Waals surface area (Å²) in [5.74, 6) is 5.62. The number of nitrogens with one attached hydrogen (secondary N) is 1. The third-order valence-corrected chi connectivity index (χ3v) is 3.94. The number of hydrazine groups is 1. The van der Waals surface area contributed by atoms with Gasteiger partial charge in [-0.25, -0.2) is 0 Å². The average molecular weight is 289 g/mol. The van der Waals surface area contributed by atoms with E-state index in [0.717, 1.165) is 16.6 Å². The van der Waals surface area contributed by atoms with Crippen molar-refractivity contribution in [1.29, 1.82) is 0 Å². The predicted octanol–water partition coefficient (Wildman–Crippen LogP) is 1.91. The summed E-state index contributed by atoms with van der Waals surface area (Å²) in [6.07, 6.45) is 0.859. The van der Waals surface area contributed by atoms with Crippen LogP contribution in [-0.4, -0.2) is 15.8 Å². The zero-order valence-corrected chi connectivity index (χ0v) is 12.2. The first-order chi connectivity index (χ1) is 7.27. The topological polar surface area (TPSA) is 55.9 Å². The van der Waals surface area contributed by atoms with Crippen LogP contribution < -0.4 is 11.3 Å². The zero-order chi connectivity index (χ0) is 12.5. The fraction of sp³-hybridized carbons (Fsp3) is 0.727. The van der Waals surface area contributed by atoms with Crippen LogP contribution in [-0.2, 0) is 13.5 Å². The molecule has 0 saturated carbocycles. The predicted molar refractivity (Wildman–Crippen MR) is 69.9 cm³/mol. The number of halogens is 1. The second kappa shape index (κ2) is 4.85. The SMILES string of the molecule is Cc1nn(C)c(CC(NN)C(C)(C)C)c1Br. The number of nitrogens with zero attached hydrogens (tertiary/aromatic N) is 2. The van der Waals surface area contributed by atoms with Crippen molar-refractivity contribution >= 4 is 15.9 Å². The van der Waals surface area contributed by atoms with Crippen LogP contribution in [0.2, 0.25) is 0 Å². The minimum Gasteiger partial charge on any atom is -0.271 e. The maximum atomic E-state index is 5.62. The zero-order valence-electron chi connectivity index (χ0n) is 10.6. The van der Waals surface area contributed by atoms with Gasteiger partial charge < -0.3 is 0 Å². The molecule has 0 aromatic carbocycles. The van der Waals surface area contributed by atoms with Crippen molar-refractivity contribution < 1.29 is 0 Å². The van der Waals surface area contributed by atoms with E-state index in [1.807, 2.05) is 18.7 Å². The van der Waals surface area contributed by atoms with Crippen molar-refractivity contribution in [3.05, 3.63) is 15.9 Å². The number of hydrogen-bond donors (Lipinski definition) is 2. The normalized spacial score (nSPS) is 14.2. The Morgan fingerprint density at radius 1 is 1.50 bits per heavy atom. The van der Waals surface area contributed by atoms with E-state index in [2.05, 4.69) is 47.2 Å². The molecule has 0 saturated heterocycles. The second-order valence-electron chi connectivity index (χ2n) is 5.26. The van der Waals surface area contributed by atoms with E-state index in [0.29, 0.717) is 0 Å². The van der Waals surface area contributed by atoms with Gasteiger partial charge in [0.1, 0.15) is 0 Å². The van der Waals surface area contributed by atoms with Crippen molar-refractivity contribution in [1.82, 2.24) is 15.2 Å². The molecule has 92 valence electrons. The van der Waals surface area contributed by atoms with E-state index >= 15 is 0 Å². The molecule has 0 aliphatic heterocycles. The molecule has 1 rings (SSSR count). The number of hydrogen-bond acceptors (Lipinski definition) is 3. The van der Waals surface area contributed by atoms with Gasteiger partial charge in [-0.1, -0.05) is 20.8 Å². The van der Waals surface area contributed by atoms with Crippen molar-refractivity contribution in [3.8, 4) is 0 Å². The second-order valence-corrected chi connectivity index (χ2v) is 6.05. The molecule has 4 nitrogen and oxygen atoms in total. The average Bonchev–Trinajstić information content (AvgIpc) is 2.37. The van der Waals surface area contributed by atoms with Gasteiger partial charge in [-0.2, -0.15) is 5.10 Å². The molecule has 0 bridgehead atoms. The van der Waals surface area contributed by atoms with Crippen LogP contribution in [0.1, 0.15) is 32.2 Å². The highest BCUT2D eigenvalue weighted by molar-refractivity contribution is 9.10. The maximum Gasteiger partial charge on any atom is 0.0738 e. The molecular formula is C11H21BrN4. The van der Waals surface area contributed by atoms with Gasteiger partial charge in [0.25, 0.3) is 0 Å². The molecule has 0 aliphatic rings. The Morgan fingerprint density at radius 3 is 2.38 bits per heavy atom. The lowest BCUT2D eigenvalue weighted by Crippen LogP contribution is -2.46. The third kappa shape index (κ3) is 2.84. The Morgan fingerprint density at radius 2 is 2.06 bits per heavy atom. The number of aromatic nitrogens is 2. The molecule has 0 fully saturated rings. The highest BCUT2D eigenvalue weighted by Crippen LogP contribution is 2.26. The first-order valence-corrected chi connectivity index (χ1v) is 6.20. The van der Waals surface area contributed by atoms with Gasteiger partial charge in [0.2, 0.25) is 0 Å². The largest absolute Gasteiger partial charge is 0.271 e. The minimum absolute atomic E-state index is 0.117. The van der Waals surface area contributed by atoms with Crippen LogP contribution >= 0.6 is 15.9 Å². The van der Waals surface area contributed by atoms with Gasteiger partial charge in [-0.15, -0.1) is 0 Å². The Kier molecular flexibility index (Phi) is 4.15. The quantitative estimate of drug-likeness (QED) is 0.660. The summed E-state index contributed by atoms with van der Waals surface area (Å²) >= 11 is 3.57. The van der Waals surface area contributed by atoms with Crippen LogP contribution in [0.15, 0.2) is 4.47 Å². The Labute approximate surface area is 106 Å². The Bertz CT molecular complexity index is 365. The molecule has 1 aromatic rings. The fourth-order valence-electron chi connectivity index (χ4n) is 1.71. The van der Waals surface area contributed by atoms with Gasteiger partial charge in [-0.05, 0) is 28.3 Å². The van der Waals surface area contributed by atoms with E-state index in [1.54, 1.807) is 0 Å². The molecule has 1 heterocycles. The summed E-state index contributed by atoms with van der Waals surface area (Å²) in [6.45, 7) is 8.52. The van der Waals surface area contributed by atoms with E-state index in [-0.39, 0.29) is 11.5 Å². The van der Waals surface area contributed by atoms with Crippen molar-refractivity contribution in [2.75, 3.05) is 0 Å². The minimum atomic E-state index is 0.117. The van der Waals surface area contributed by atoms with Crippen LogP contribution in [0.5, 0.6) is 0 Å². The molecule has 0 radical (unpaired) electrons. The number of rotatable bonds is 3. The van der Waals surface area contributed by atoms with Crippen LogP contribution in [0.4, 0.5) is 0 Å². The van der Waals surface area contributed by atoms with Crippen LogP contribution in [0.25, 0.3) is 0 Å². The molecule has 3 N–H and O–H groups in total. The lowest BCUT2D eigenvalue weighted by Gasteiger charge is -2.30. The third-order valence-electron chi connectivity index (χ3n) is 2.91. The number of aryl methyl sites for hydroxylation is 2. The molecule has 1 atom stereocenters. The monoisotopic (exact) mass is 288 g/mol. The van der Waals surface area contributed by atoms with Gasteiger partial charge in [-0.3, -0.25) is 16.0 Å². The maximum absolute atomic E-state index is 5.62. The Hall–Kier alpha value is -0.390. The van der Waals surface area contributed by atoms with E-state index in [4.69, 9.17) is 5.84 Å². The van der Waals surface area contributed by atoms with Gasteiger partial charge >= 0.3 is 0 Å². The molecule has 1 unspecified atom stereocenters. The molecule has 1 aromatic heterocycles. The van der Waals surface area contributed by atoms with Gasteiger partial charge in [0, 0.05) is 19.5 Å².